The van der Waals surface area contributed by atoms with Gasteiger partial charge in [0.15, 0.2) is 0 Å². The standard InChI is InChI=1S/C15H17ClFNO/c1-9-6-10(2-5-14(9)17)15(19)18-12-3-4-13(18)8-11(16)7-12/h2,5-6,11-13H,3-4,7-8H2,1H3. The second-order valence-corrected chi connectivity index (χ2v) is 6.25. The molecule has 2 atom stereocenters. The Bertz CT molecular complexity index is 505. The average molecular weight is 282 g/mol. The number of piperidine rings is 1. The normalized spacial score (nSPS) is 29.6. The molecule has 3 rings (SSSR count). The van der Waals surface area contributed by atoms with Crippen molar-refractivity contribution < 1.29 is 9.18 Å². The zero-order chi connectivity index (χ0) is 13.6. The first-order chi connectivity index (χ1) is 9.06. The van der Waals surface area contributed by atoms with E-state index in [-0.39, 0.29) is 29.2 Å². The van der Waals surface area contributed by atoms with Crippen molar-refractivity contribution >= 4 is 17.5 Å². The Kier molecular flexibility index (Phi) is 3.25. The van der Waals surface area contributed by atoms with Gasteiger partial charge in [0.05, 0.1) is 0 Å². The fourth-order valence-corrected chi connectivity index (χ4v) is 3.78. The van der Waals surface area contributed by atoms with Crippen molar-refractivity contribution in [3.8, 4) is 0 Å². The predicted octanol–water partition coefficient (Wildman–Crippen LogP) is 3.51. The van der Waals surface area contributed by atoms with Crippen molar-refractivity contribution in [2.24, 2.45) is 0 Å². The van der Waals surface area contributed by atoms with Crippen molar-refractivity contribution in [2.75, 3.05) is 0 Å². The third-order valence-electron chi connectivity index (χ3n) is 4.31. The third kappa shape index (κ3) is 2.25. The van der Waals surface area contributed by atoms with Crippen molar-refractivity contribution in [1.29, 1.82) is 0 Å². The molecule has 2 nitrogen and oxygen atoms in total. The number of fused-ring (bicyclic) bond motifs is 2. The molecule has 2 aliphatic heterocycles. The van der Waals surface area contributed by atoms with Crippen LogP contribution in [0.4, 0.5) is 4.39 Å². The van der Waals surface area contributed by atoms with Crippen LogP contribution < -0.4 is 0 Å². The Morgan fingerprint density at radius 2 is 1.95 bits per heavy atom. The molecule has 0 N–H and O–H groups in total. The number of hydrogen-bond donors (Lipinski definition) is 0. The Labute approximate surface area is 117 Å². The number of carbonyl (C=O) groups excluding carboxylic acids is 1. The van der Waals surface area contributed by atoms with Crippen molar-refractivity contribution in [3.05, 3.63) is 35.1 Å². The van der Waals surface area contributed by atoms with Gasteiger partial charge in [0, 0.05) is 23.0 Å². The maximum absolute atomic E-state index is 13.3. The van der Waals surface area contributed by atoms with Gasteiger partial charge in [-0.25, -0.2) is 4.39 Å². The van der Waals surface area contributed by atoms with Gasteiger partial charge in [-0.2, -0.15) is 0 Å². The Morgan fingerprint density at radius 1 is 1.32 bits per heavy atom. The number of benzene rings is 1. The van der Waals surface area contributed by atoms with Gasteiger partial charge in [0.1, 0.15) is 5.82 Å². The molecule has 0 aromatic heterocycles. The highest BCUT2D eigenvalue weighted by molar-refractivity contribution is 6.20. The molecule has 0 spiro atoms. The largest absolute Gasteiger partial charge is 0.333 e. The number of hydrogen-bond acceptors (Lipinski definition) is 1. The van der Waals surface area contributed by atoms with Crippen LogP contribution in [0.5, 0.6) is 0 Å². The van der Waals surface area contributed by atoms with Gasteiger partial charge in [0.2, 0.25) is 0 Å². The molecule has 1 aromatic carbocycles. The van der Waals surface area contributed by atoms with Gasteiger partial charge in [-0.05, 0) is 56.4 Å². The second-order valence-electron chi connectivity index (χ2n) is 5.63. The van der Waals surface area contributed by atoms with Gasteiger partial charge in [-0.15, -0.1) is 11.6 Å². The molecule has 1 amide bonds. The number of carbonyl (C=O) groups is 1. The Morgan fingerprint density at radius 3 is 2.53 bits per heavy atom. The monoisotopic (exact) mass is 281 g/mol. The highest BCUT2D eigenvalue weighted by atomic mass is 35.5. The molecule has 19 heavy (non-hydrogen) atoms. The van der Waals surface area contributed by atoms with Crippen LogP contribution in [0.3, 0.4) is 0 Å². The van der Waals surface area contributed by atoms with Crippen molar-refractivity contribution in [3.63, 3.8) is 0 Å². The molecule has 0 aliphatic carbocycles. The van der Waals surface area contributed by atoms with Crippen molar-refractivity contribution in [2.45, 2.75) is 50.1 Å². The number of rotatable bonds is 1. The first kappa shape index (κ1) is 12.9. The second kappa shape index (κ2) is 4.78. The van der Waals surface area contributed by atoms with E-state index >= 15 is 0 Å². The zero-order valence-corrected chi connectivity index (χ0v) is 11.7. The fourth-order valence-electron chi connectivity index (χ4n) is 3.37. The van der Waals surface area contributed by atoms with Crippen LogP contribution >= 0.6 is 11.6 Å². The first-order valence-corrected chi connectivity index (χ1v) is 7.23. The van der Waals surface area contributed by atoms with Gasteiger partial charge in [0.25, 0.3) is 5.91 Å². The molecule has 2 unspecified atom stereocenters. The Balaban J connectivity index is 1.86. The fraction of sp³-hybridized carbons (Fsp3) is 0.533. The maximum atomic E-state index is 13.3. The summed E-state index contributed by atoms with van der Waals surface area (Å²) in [5, 5.41) is 0.191. The van der Waals surface area contributed by atoms with Gasteiger partial charge < -0.3 is 4.90 Å². The Hall–Kier alpha value is -1.09. The molecule has 2 heterocycles. The van der Waals surface area contributed by atoms with E-state index in [0.29, 0.717) is 11.1 Å². The zero-order valence-electron chi connectivity index (χ0n) is 10.9. The lowest BCUT2D eigenvalue weighted by molar-refractivity contribution is 0.0599. The molecular weight excluding hydrogens is 265 g/mol. The molecule has 102 valence electrons. The van der Waals surface area contributed by atoms with Crippen LogP contribution in [0.15, 0.2) is 18.2 Å². The quantitative estimate of drug-likeness (QED) is 0.722. The topological polar surface area (TPSA) is 20.3 Å². The minimum atomic E-state index is -0.265. The van der Waals surface area contributed by atoms with Crippen molar-refractivity contribution in [1.82, 2.24) is 4.90 Å². The van der Waals surface area contributed by atoms with E-state index in [4.69, 9.17) is 11.6 Å². The minimum Gasteiger partial charge on any atom is -0.333 e. The van der Waals surface area contributed by atoms with Gasteiger partial charge in [-0.1, -0.05) is 0 Å². The molecule has 2 saturated heterocycles. The lowest BCUT2D eigenvalue weighted by atomic mass is 10.0. The van der Waals surface area contributed by atoms with Crippen LogP contribution in [0, 0.1) is 12.7 Å². The van der Waals surface area contributed by atoms with E-state index < -0.39 is 0 Å². The molecule has 2 fully saturated rings. The first-order valence-electron chi connectivity index (χ1n) is 6.79. The van der Waals surface area contributed by atoms with Gasteiger partial charge >= 0.3 is 0 Å². The predicted molar refractivity (Wildman–Crippen MR) is 73.0 cm³/mol. The van der Waals surface area contributed by atoms with Crippen LogP contribution in [-0.2, 0) is 0 Å². The summed E-state index contributed by atoms with van der Waals surface area (Å²) in [5.74, 6) is -0.238. The number of amides is 1. The minimum absolute atomic E-state index is 0.0270. The van der Waals surface area contributed by atoms with Gasteiger partial charge in [-0.3, -0.25) is 4.79 Å². The lowest BCUT2D eigenvalue weighted by Crippen LogP contribution is -2.46. The summed E-state index contributed by atoms with van der Waals surface area (Å²) in [7, 11) is 0. The van der Waals surface area contributed by atoms with Crippen LogP contribution in [-0.4, -0.2) is 28.3 Å². The van der Waals surface area contributed by atoms with E-state index in [1.54, 1.807) is 19.1 Å². The molecule has 0 radical (unpaired) electrons. The highest BCUT2D eigenvalue weighted by Gasteiger charge is 2.42. The summed E-state index contributed by atoms with van der Waals surface area (Å²) in [5.41, 5.74) is 1.11. The smallest absolute Gasteiger partial charge is 0.254 e. The van der Waals surface area contributed by atoms with E-state index in [1.807, 2.05) is 4.90 Å². The average Bonchev–Trinajstić information content (AvgIpc) is 2.64. The third-order valence-corrected chi connectivity index (χ3v) is 4.67. The summed E-state index contributed by atoms with van der Waals surface area (Å²) >= 11 is 6.22. The lowest BCUT2D eigenvalue weighted by Gasteiger charge is -2.37. The number of halogens is 2. The van der Waals surface area contributed by atoms with E-state index in [2.05, 4.69) is 0 Å². The number of nitrogens with zero attached hydrogens (tertiary/aromatic N) is 1. The molecule has 0 saturated carbocycles. The summed E-state index contributed by atoms with van der Waals surface area (Å²) in [4.78, 5) is 14.6. The summed E-state index contributed by atoms with van der Waals surface area (Å²) < 4.78 is 13.3. The van der Waals surface area contributed by atoms with Crippen LogP contribution in [0.2, 0.25) is 0 Å². The van der Waals surface area contributed by atoms with Crippen LogP contribution in [0.25, 0.3) is 0 Å². The summed E-state index contributed by atoms with van der Waals surface area (Å²) in [6.07, 6.45) is 3.84. The number of aryl methyl sites for hydroxylation is 1. The molecule has 2 bridgehead atoms. The molecule has 4 heteroatoms. The number of alkyl halides is 1. The molecule has 2 aliphatic rings. The highest BCUT2D eigenvalue weighted by Crippen LogP contribution is 2.38. The van der Waals surface area contributed by atoms with E-state index in [1.165, 1.54) is 6.07 Å². The van der Waals surface area contributed by atoms with E-state index in [9.17, 15) is 9.18 Å². The summed E-state index contributed by atoms with van der Waals surface area (Å²) in [6, 6.07) is 5.12. The van der Waals surface area contributed by atoms with Crippen LogP contribution in [0.1, 0.15) is 41.6 Å². The summed E-state index contributed by atoms with van der Waals surface area (Å²) in [6.45, 7) is 1.69. The molecule has 1 aromatic rings. The maximum Gasteiger partial charge on any atom is 0.254 e. The van der Waals surface area contributed by atoms with E-state index in [0.717, 1.165) is 25.7 Å². The SMILES string of the molecule is Cc1cc(C(=O)N2C3CCC2CC(Cl)C3)ccc1F. The molecular formula is C15H17ClFNO.